The summed E-state index contributed by atoms with van der Waals surface area (Å²) in [6, 6.07) is 3.30. The molecule has 0 aliphatic rings. The van der Waals surface area contributed by atoms with Gasteiger partial charge in [0.25, 0.3) is 0 Å². The summed E-state index contributed by atoms with van der Waals surface area (Å²) in [5, 5.41) is 9.97. The Morgan fingerprint density at radius 3 is 2.40 bits per heavy atom. The lowest BCUT2D eigenvalue weighted by atomic mass is 10.1. The predicted molar refractivity (Wildman–Crippen MR) is 76.1 cm³/mol. The van der Waals surface area contributed by atoms with Crippen molar-refractivity contribution in [1.82, 2.24) is 0 Å². The van der Waals surface area contributed by atoms with Crippen molar-refractivity contribution in [3.63, 3.8) is 0 Å². The van der Waals surface area contributed by atoms with E-state index in [-0.39, 0.29) is 17.6 Å². The first-order valence-electron chi connectivity index (χ1n) is 6.24. The highest BCUT2D eigenvalue weighted by molar-refractivity contribution is 5.93. The van der Waals surface area contributed by atoms with Gasteiger partial charge in [-0.3, -0.25) is 0 Å². The van der Waals surface area contributed by atoms with Crippen LogP contribution >= 0.6 is 0 Å². The van der Waals surface area contributed by atoms with Crippen LogP contribution < -0.4 is 9.47 Å². The van der Waals surface area contributed by atoms with Crippen molar-refractivity contribution < 1.29 is 24.1 Å². The number of aromatic hydroxyl groups is 1. The number of carbonyl (C=O) groups excluding carboxylic acids is 1. The van der Waals surface area contributed by atoms with E-state index in [1.165, 1.54) is 14.2 Å². The summed E-state index contributed by atoms with van der Waals surface area (Å²) in [6.45, 7) is 5.21. The Labute approximate surface area is 118 Å². The molecule has 0 unspecified atom stereocenters. The topological polar surface area (TPSA) is 65.0 Å². The van der Waals surface area contributed by atoms with Crippen LogP contribution in [-0.4, -0.2) is 31.4 Å². The standard InChI is InChI=1S/C15H20O5/c1-9(2)20-15(17)10(3)8-11-6-7-12(18-4)13(16)14(11)19-5/h6-9,16H,1-5H3. The van der Waals surface area contributed by atoms with Crippen LogP contribution in [0.1, 0.15) is 26.3 Å². The van der Waals surface area contributed by atoms with Gasteiger partial charge in [0, 0.05) is 11.1 Å². The molecule has 1 N–H and O–H groups in total. The molecule has 1 rings (SSSR count). The fraction of sp³-hybridized carbons (Fsp3) is 0.400. The van der Waals surface area contributed by atoms with E-state index in [1.54, 1.807) is 39.0 Å². The van der Waals surface area contributed by atoms with Gasteiger partial charge in [0.1, 0.15) is 0 Å². The van der Waals surface area contributed by atoms with Gasteiger partial charge in [-0.05, 0) is 39.0 Å². The maximum atomic E-state index is 11.7. The summed E-state index contributed by atoms with van der Waals surface area (Å²) in [7, 11) is 2.89. The fourth-order valence-corrected chi connectivity index (χ4v) is 1.66. The summed E-state index contributed by atoms with van der Waals surface area (Å²) in [5.74, 6) is 0.0496. The molecule has 0 saturated heterocycles. The first-order chi connectivity index (χ1) is 9.40. The third kappa shape index (κ3) is 3.66. The molecule has 5 heteroatoms. The molecular weight excluding hydrogens is 260 g/mol. The van der Waals surface area contributed by atoms with Crippen molar-refractivity contribution in [2.75, 3.05) is 14.2 Å². The Kier molecular flexibility index (Phi) is 5.43. The number of phenols is 1. The zero-order valence-electron chi connectivity index (χ0n) is 12.4. The highest BCUT2D eigenvalue weighted by Crippen LogP contribution is 2.39. The average Bonchev–Trinajstić information content (AvgIpc) is 2.38. The van der Waals surface area contributed by atoms with Crippen LogP contribution in [0.3, 0.4) is 0 Å². The molecule has 0 radical (unpaired) electrons. The van der Waals surface area contributed by atoms with E-state index >= 15 is 0 Å². The molecule has 0 atom stereocenters. The van der Waals surface area contributed by atoms with Crippen LogP contribution in [0, 0.1) is 0 Å². The predicted octanol–water partition coefficient (Wildman–Crippen LogP) is 2.76. The Bertz CT molecular complexity index is 517. The van der Waals surface area contributed by atoms with E-state index in [4.69, 9.17) is 14.2 Å². The zero-order chi connectivity index (χ0) is 15.3. The normalized spacial score (nSPS) is 11.4. The molecule has 0 heterocycles. The van der Waals surface area contributed by atoms with Gasteiger partial charge in [0.15, 0.2) is 11.5 Å². The lowest BCUT2D eigenvalue weighted by molar-refractivity contribution is -0.142. The molecule has 110 valence electrons. The molecule has 0 saturated carbocycles. The van der Waals surface area contributed by atoms with Crippen LogP contribution in [0.4, 0.5) is 0 Å². The van der Waals surface area contributed by atoms with Gasteiger partial charge in [-0.25, -0.2) is 4.79 Å². The van der Waals surface area contributed by atoms with Gasteiger partial charge in [-0.1, -0.05) is 0 Å². The number of ether oxygens (including phenoxy) is 3. The molecule has 20 heavy (non-hydrogen) atoms. The van der Waals surface area contributed by atoms with E-state index in [1.807, 2.05) is 0 Å². The van der Waals surface area contributed by atoms with Crippen LogP contribution in [0.25, 0.3) is 6.08 Å². The number of phenolic OH excluding ortho intramolecular Hbond substituents is 1. The summed E-state index contributed by atoms with van der Waals surface area (Å²) < 4.78 is 15.3. The first kappa shape index (κ1) is 15.9. The molecule has 0 aromatic heterocycles. The molecule has 0 spiro atoms. The van der Waals surface area contributed by atoms with E-state index in [0.29, 0.717) is 16.9 Å². The molecule has 0 bridgehead atoms. The van der Waals surface area contributed by atoms with Gasteiger partial charge < -0.3 is 19.3 Å². The fourth-order valence-electron chi connectivity index (χ4n) is 1.66. The molecule has 1 aromatic rings. The van der Waals surface area contributed by atoms with Crippen LogP contribution in [0.5, 0.6) is 17.2 Å². The van der Waals surface area contributed by atoms with E-state index in [9.17, 15) is 9.90 Å². The third-order valence-corrected chi connectivity index (χ3v) is 2.59. The third-order valence-electron chi connectivity index (χ3n) is 2.59. The highest BCUT2D eigenvalue weighted by atomic mass is 16.5. The largest absolute Gasteiger partial charge is 0.502 e. The number of methoxy groups -OCH3 is 2. The van der Waals surface area contributed by atoms with E-state index in [0.717, 1.165) is 0 Å². The van der Waals surface area contributed by atoms with Crippen molar-refractivity contribution in [3.8, 4) is 17.2 Å². The monoisotopic (exact) mass is 280 g/mol. The molecule has 0 fully saturated rings. The summed E-state index contributed by atoms with van der Waals surface area (Å²) in [4.78, 5) is 11.7. The number of benzene rings is 1. The van der Waals surface area contributed by atoms with Gasteiger partial charge >= 0.3 is 5.97 Å². The van der Waals surface area contributed by atoms with Gasteiger partial charge in [0.05, 0.1) is 20.3 Å². The smallest absolute Gasteiger partial charge is 0.333 e. The van der Waals surface area contributed by atoms with E-state index in [2.05, 4.69) is 0 Å². The highest BCUT2D eigenvalue weighted by Gasteiger charge is 2.14. The molecule has 0 aliphatic heterocycles. The number of esters is 1. The second-order valence-corrected chi connectivity index (χ2v) is 4.52. The SMILES string of the molecule is COc1ccc(C=C(C)C(=O)OC(C)C)c(OC)c1O. The molecule has 5 nitrogen and oxygen atoms in total. The number of hydrogen-bond acceptors (Lipinski definition) is 5. The minimum atomic E-state index is -0.405. The lowest BCUT2D eigenvalue weighted by Crippen LogP contribution is -2.12. The van der Waals surface area contributed by atoms with Crippen molar-refractivity contribution in [1.29, 1.82) is 0 Å². The Hall–Kier alpha value is -2.17. The van der Waals surface area contributed by atoms with Crippen LogP contribution in [-0.2, 0) is 9.53 Å². The van der Waals surface area contributed by atoms with Crippen molar-refractivity contribution in [2.24, 2.45) is 0 Å². The van der Waals surface area contributed by atoms with Gasteiger partial charge in [0.2, 0.25) is 5.75 Å². The van der Waals surface area contributed by atoms with Crippen molar-refractivity contribution >= 4 is 12.0 Å². The average molecular weight is 280 g/mol. The minimum absolute atomic E-state index is 0.103. The molecule has 0 aliphatic carbocycles. The first-order valence-corrected chi connectivity index (χ1v) is 6.24. The van der Waals surface area contributed by atoms with Crippen molar-refractivity contribution in [3.05, 3.63) is 23.3 Å². The number of carbonyl (C=O) groups is 1. The minimum Gasteiger partial charge on any atom is -0.502 e. The maximum absolute atomic E-state index is 11.7. The number of hydrogen-bond donors (Lipinski definition) is 1. The Balaban J connectivity index is 3.14. The second-order valence-electron chi connectivity index (χ2n) is 4.52. The Morgan fingerprint density at radius 2 is 1.90 bits per heavy atom. The molecule has 0 amide bonds. The maximum Gasteiger partial charge on any atom is 0.333 e. The summed E-state index contributed by atoms with van der Waals surface area (Å²) >= 11 is 0. The Morgan fingerprint density at radius 1 is 1.25 bits per heavy atom. The zero-order valence-corrected chi connectivity index (χ0v) is 12.4. The summed E-state index contributed by atoms with van der Waals surface area (Å²) in [6.07, 6.45) is 1.42. The lowest BCUT2D eigenvalue weighted by Gasteiger charge is -2.12. The molecule has 1 aromatic carbocycles. The van der Waals surface area contributed by atoms with Crippen LogP contribution in [0.15, 0.2) is 17.7 Å². The second kappa shape index (κ2) is 6.84. The van der Waals surface area contributed by atoms with Gasteiger partial charge in [-0.15, -0.1) is 0 Å². The number of rotatable bonds is 5. The van der Waals surface area contributed by atoms with E-state index < -0.39 is 5.97 Å². The molecular formula is C15H20O5. The quantitative estimate of drug-likeness (QED) is 0.663. The van der Waals surface area contributed by atoms with Gasteiger partial charge in [-0.2, -0.15) is 0 Å². The van der Waals surface area contributed by atoms with Crippen molar-refractivity contribution in [2.45, 2.75) is 26.9 Å². The summed E-state index contributed by atoms with van der Waals surface area (Å²) in [5.41, 5.74) is 0.991. The van der Waals surface area contributed by atoms with Crippen LogP contribution in [0.2, 0.25) is 0 Å².